The van der Waals surface area contributed by atoms with Gasteiger partial charge in [0.1, 0.15) is 23.3 Å². The largest absolute Gasteiger partial charge is 0.382 e. The van der Waals surface area contributed by atoms with E-state index in [2.05, 4.69) is 15.9 Å². The first kappa shape index (κ1) is 23.4. The van der Waals surface area contributed by atoms with Crippen LogP contribution in [0.25, 0.3) is 0 Å². The summed E-state index contributed by atoms with van der Waals surface area (Å²) < 4.78 is 5.47. The van der Waals surface area contributed by atoms with Gasteiger partial charge in [0.2, 0.25) is 0 Å². The van der Waals surface area contributed by atoms with E-state index in [1.165, 1.54) is 24.3 Å². The van der Waals surface area contributed by atoms with Gasteiger partial charge < -0.3 is 20.1 Å². The summed E-state index contributed by atoms with van der Waals surface area (Å²) in [6.07, 6.45) is -4.16. The van der Waals surface area contributed by atoms with Gasteiger partial charge in [0.05, 0.1) is 11.1 Å². The molecule has 1 aromatic rings. The molecule has 0 saturated carbocycles. The summed E-state index contributed by atoms with van der Waals surface area (Å²) in [5.41, 5.74) is -6.28. The molecule has 0 radical (unpaired) electrons. The minimum absolute atomic E-state index is 0.00430. The van der Waals surface area contributed by atoms with E-state index in [1.54, 1.807) is 0 Å². The molecular weight excluding hydrogens is 478 g/mol. The standard InChI is InChI=1S/C20H20BrNO9/c1-8(23)13(26)15-20(30,10(3)25)19(29,9(2)24)14(16(21)31-15)22-17(27)11-6-4-5-7-12(11)18(22)28/h4-7,13-16,26,29-30H,1-3H3/t13?,14-,15-,16+,19-,20-/m1/s1. The van der Waals surface area contributed by atoms with Crippen molar-refractivity contribution in [2.45, 2.75) is 55.2 Å². The minimum Gasteiger partial charge on any atom is -0.382 e. The average Bonchev–Trinajstić information content (AvgIpc) is 2.95. The molecule has 2 aliphatic heterocycles. The molecule has 6 atom stereocenters. The number of rotatable bonds is 5. The molecule has 166 valence electrons. The number of aliphatic hydroxyl groups excluding tert-OH is 1. The lowest BCUT2D eigenvalue weighted by Gasteiger charge is -2.55. The second-order valence-electron chi connectivity index (χ2n) is 7.58. The SMILES string of the molecule is CC(=O)C(O)[C@H]1O[C@H](Br)[C@@H](N2C(=O)c3ccccc3C2=O)[C@](O)(C(C)=O)[C@@]1(O)C(C)=O. The second kappa shape index (κ2) is 7.68. The Bertz CT molecular complexity index is 975. The first-order chi connectivity index (χ1) is 14.3. The highest BCUT2D eigenvalue weighted by Crippen LogP contribution is 2.46. The van der Waals surface area contributed by atoms with Gasteiger partial charge in [-0.1, -0.05) is 28.1 Å². The molecule has 1 aromatic carbocycles. The smallest absolute Gasteiger partial charge is 0.262 e. The fraction of sp³-hybridized carbons (Fsp3) is 0.450. The van der Waals surface area contributed by atoms with Crippen molar-refractivity contribution < 1.29 is 44.0 Å². The van der Waals surface area contributed by atoms with E-state index < -0.39 is 63.6 Å². The summed E-state index contributed by atoms with van der Waals surface area (Å²) >= 11 is 3.04. The van der Waals surface area contributed by atoms with Crippen LogP contribution in [0.15, 0.2) is 24.3 Å². The molecule has 31 heavy (non-hydrogen) atoms. The van der Waals surface area contributed by atoms with Crippen LogP contribution < -0.4 is 0 Å². The third kappa shape index (κ3) is 3.03. The summed E-state index contributed by atoms with van der Waals surface area (Å²) in [7, 11) is 0. The lowest BCUT2D eigenvalue weighted by molar-refractivity contribution is -0.271. The molecule has 2 aliphatic rings. The monoisotopic (exact) mass is 497 g/mol. The number of hydrogen-bond acceptors (Lipinski definition) is 9. The third-order valence-electron chi connectivity index (χ3n) is 5.83. The number of alkyl halides is 1. The number of ketones is 3. The van der Waals surface area contributed by atoms with Gasteiger partial charge in [-0.15, -0.1) is 0 Å². The number of fused-ring (bicyclic) bond motifs is 1. The minimum atomic E-state index is -3.16. The summed E-state index contributed by atoms with van der Waals surface area (Å²) in [5, 5.41) is 31.6. The highest BCUT2D eigenvalue weighted by molar-refractivity contribution is 9.09. The Hall–Kier alpha value is -2.31. The summed E-state index contributed by atoms with van der Waals surface area (Å²) in [4.78, 5) is 63.6. The highest BCUT2D eigenvalue weighted by atomic mass is 79.9. The molecule has 0 aromatic heterocycles. The van der Waals surface area contributed by atoms with E-state index >= 15 is 0 Å². The number of carbonyl (C=O) groups is 5. The molecule has 2 heterocycles. The third-order valence-corrected chi connectivity index (χ3v) is 6.54. The molecule has 3 N–H and O–H groups in total. The first-order valence-corrected chi connectivity index (χ1v) is 10.1. The second-order valence-corrected chi connectivity index (χ2v) is 8.48. The van der Waals surface area contributed by atoms with Crippen molar-refractivity contribution in [2.24, 2.45) is 0 Å². The Morgan fingerprint density at radius 3 is 1.84 bits per heavy atom. The first-order valence-electron chi connectivity index (χ1n) is 9.23. The number of Topliss-reactive ketones (excluding diaryl/α,β-unsaturated/α-hetero) is 3. The van der Waals surface area contributed by atoms with Gasteiger partial charge in [-0.05, 0) is 32.9 Å². The average molecular weight is 498 g/mol. The van der Waals surface area contributed by atoms with Crippen LogP contribution in [0.3, 0.4) is 0 Å². The number of ether oxygens (including phenoxy) is 1. The van der Waals surface area contributed by atoms with Crippen LogP contribution in [0, 0.1) is 0 Å². The van der Waals surface area contributed by atoms with E-state index in [4.69, 9.17) is 4.74 Å². The number of halogens is 1. The maximum atomic E-state index is 13.0. The Balaban J connectivity index is 2.24. The predicted octanol–water partition coefficient (Wildman–Crippen LogP) is -0.639. The number of hydrogen-bond donors (Lipinski definition) is 3. The van der Waals surface area contributed by atoms with Crippen LogP contribution in [-0.2, 0) is 19.1 Å². The zero-order valence-corrected chi connectivity index (χ0v) is 18.3. The van der Waals surface area contributed by atoms with Crippen LogP contribution in [0.4, 0.5) is 0 Å². The summed E-state index contributed by atoms with van der Waals surface area (Å²) in [6.45, 7) is 2.63. The Labute approximate surface area is 184 Å². The number of amides is 2. The zero-order valence-electron chi connectivity index (χ0n) is 16.7. The van der Waals surface area contributed by atoms with E-state index in [1.807, 2.05) is 0 Å². The lowest BCUT2D eigenvalue weighted by atomic mass is 9.66. The molecule has 2 amide bonds. The molecule has 1 unspecified atom stereocenters. The van der Waals surface area contributed by atoms with Crippen LogP contribution in [-0.4, -0.2) is 83.8 Å². The van der Waals surface area contributed by atoms with Gasteiger partial charge in [0, 0.05) is 0 Å². The molecule has 11 heteroatoms. The van der Waals surface area contributed by atoms with Crippen molar-refractivity contribution in [3.05, 3.63) is 35.4 Å². The van der Waals surface area contributed by atoms with Crippen molar-refractivity contribution in [1.29, 1.82) is 0 Å². The van der Waals surface area contributed by atoms with Gasteiger partial charge in [-0.2, -0.15) is 0 Å². The molecular formula is C20H20BrNO9. The fourth-order valence-corrected chi connectivity index (χ4v) is 5.02. The van der Waals surface area contributed by atoms with E-state index in [0.717, 1.165) is 20.8 Å². The van der Waals surface area contributed by atoms with E-state index in [9.17, 15) is 39.3 Å². The molecule has 1 fully saturated rings. The summed E-state index contributed by atoms with van der Waals surface area (Å²) in [5.74, 6) is -5.06. The van der Waals surface area contributed by atoms with Crippen LogP contribution >= 0.6 is 15.9 Å². The maximum absolute atomic E-state index is 13.0. The van der Waals surface area contributed by atoms with Gasteiger partial charge in [-0.3, -0.25) is 28.9 Å². The van der Waals surface area contributed by atoms with Gasteiger partial charge in [0.15, 0.2) is 28.6 Å². The van der Waals surface area contributed by atoms with Crippen molar-refractivity contribution >= 4 is 45.1 Å². The molecule has 1 saturated heterocycles. The fourth-order valence-electron chi connectivity index (χ4n) is 4.17. The lowest BCUT2D eigenvalue weighted by Crippen LogP contribution is -2.83. The van der Waals surface area contributed by atoms with Gasteiger partial charge in [-0.25, -0.2) is 0 Å². The van der Waals surface area contributed by atoms with E-state index in [0.29, 0.717) is 4.90 Å². The number of imide groups is 1. The number of carbonyl (C=O) groups excluding carboxylic acids is 5. The quantitative estimate of drug-likeness (QED) is 0.355. The Kier molecular flexibility index (Phi) is 5.78. The van der Waals surface area contributed by atoms with Crippen LogP contribution in [0.2, 0.25) is 0 Å². The van der Waals surface area contributed by atoms with Crippen molar-refractivity contribution in [1.82, 2.24) is 4.90 Å². The molecule has 3 rings (SSSR count). The maximum Gasteiger partial charge on any atom is 0.262 e. The van der Waals surface area contributed by atoms with Crippen LogP contribution in [0.1, 0.15) is 41.5 Å². The summed E-state index contributed by atoms with van der Waals surface area (Å²) in [6, 6.07) is 3.86. The molecule has 0 spiro atoms. The Morgan fingerprint density at radius 2 is 1.45 bits per heavy atom. The number of aliphatic hydroxyl groups is 3. The molecule has 10 nitrogen and oxygen atoms in total. The topological polar surface area (TPSA) is 159 Å². The van der Waals surface area contributed by atoms with E-state index in [-0.39, 0.29) is 11.1 Å². The van der Waals surface area contributed by atoms with Gasteiger partial charge >= 0.3 is 0 Å². The number of nitrogens with zero attached hydrogens (tertiary/aromatic N) is 1. The van der Waals surface area contributed by atoms with Crippen LogP contribution in [0.5, 0.6) is 0 Å². The number of benzene rings is 1. The molecule has 0 aliphatic carbocycles. The Morgan fingerprint density at radius 1 is 1.00 bits per heavy atom. The predicted molar refractivity (Wildman–Crippen MR) is 106 cm³/mol. The van der Waals surface area contributed by atoms with Gasteiger partial charge in [0.25, 0.3) is 11.8 Å². The van der Waals surface area contributed by atoms with Crippen molar-refractivity contribution in [3.63, 3.8) is 0 Å². The van der Waals surface area contributed by atoms with Crippen molar-refractivity contribution in [3.8, 4) is 0 Å². The molecule has 0 bridgehead atoms. The van der Waals surface area contributed by atoms with Crippen molar-refractivity contribution in [2.75, 3.05) is 0 Å². The zero-order chi connectivity index (χ0) is 23.5. The normalized spacial score (nSPS) is 33.8. The highest BCUT2D eigenvalue weighted by Gasteiger charge is 2.73.